The predicted molar refractivity (Wildman–Crippen MR) is 95.3 cm³/mol. The van der Waals surface area contributed by atoms with Gasteiger partial charge in [0.05, 0.1) is 0 Å². The third kappa shape index (κ3) is 5.48. The number of rotatable bonds is 7. The predicted octanol–water partition coefficient (Wildman–Crippen LogP) is 2.50. The molecule has 1 fully saturated rings. The molecule has 1 aliphatic rings. The Morgan fingerprint density at radius 2 is 1.78 bits per heavy atom. The molecule has 1 heterocycles. The molecule has 4 heteroatoms. The number of aryl methyl sites for hydroxylation is 1. The van der Waals surface area contributed by atoms with Crippen LogP contribution in [-0.2, 0) is 0 Å². The molecular weight excluding hydrogens is 288 g/mol. The Labute approximate surface area is 141 Å². The minimum absolute atomic E-state index is 0.358. The van der Waals surface area contributed by atoms with Crippen molar-refractivity contribution in [1.82, 2.24) is 9.80 Å². The summed E-state index contributed by atoms with van der Waals surface area (Å²) < 4.78 is 5.94. The largest absolute Gasteiger partial charge is 0.491 e. The normalized spacial score (nSPS) is 18.3. The summed E-state index contributed by atoms with van der Waals surface area (Å²) in [5.41, 5.74) is 2.40. The average molecular weight is 320 g/mol. The Morgan fingerprint density at radius 1 is 1.13 bits per heavy atom. The zero-order chi connectivity index (χ0) is 16.8. The second-order valence-corrected chi connectivity index (χ2v) is 6.90. The lowest BCUT2D eigenvalue weighted by atomic mass is 10.0. The van der Waals surface area contributed by atoms with Crippen molar-refractivity contribution >= 4 is 0 Å². The molecule has 1 aromatic rings. The summed E-state index contributed by atoms with van der Waals surface area (Å²) in [4.78, 5) is 4.78. The highest BCUT2D eigenvalue weighted by molar-refractivity contribution is 5.39. The van der Waals surface area contributed by atoms with Crippen LogP contribution in [0.4, 0.5) is 0 Å². The number of piperazine rings is 1. The Balaban J connectivity index is 1.83. The van der Waals surface area contributed by atoms with Gasteiger partial charge in [-0.25, -0.2) is 0 Å². The summed E-state index contributed by atoms with van der Waals surface area (Å²) in [5.74, 6) is 1.33. The van der Waals surface area contributed by atoms with Crippen molar-refractivity contribution in [2.24, 2.45) is 0 Å². The van der Waals surface area contributed by atoms with Crippen LogP contribution in [0.25, 0.3) is 0 Å². The molecule has 130 valence electrons. The molecule has 0 unspecified atom stereocenters. The van der Waals surface area contributed by atoms with E-state index in [1.54, 1.807) is 0 Å². The number of β-amino-alcohol motifs (C(OH)–C–C–N with tert-alkyl or cyclic N) is 1. The number of benzene rings is 1. The monoisotopic (exact) mass is 320 g/mol. The van der Waals surface area contributed by atoms with Gasteiger partial charge in [-0.1, -0.05) is 32.9 Å². The number of likely N-dealkylation sites (N-methyl/N-ethyl adjacent to an activating group) is 1. The number of hydrogen-bond acceptors (Lipinski definition) is 4. The van der Waals surface area contributed by atoms with E-state index in [2.05, 4.69) is 55.7 Å². The summed E-state index contributed by atoms with van der Waals surface area (Å²) in [6.07, 6.45) is -0.441. The zero-order valence-corrected chi connectivity index (χ0v) is 15.1. The Morgan fingerprint density at radius 3 is 2.39 bits per heavy atom. The molecule has 0 spiro atoms. The van der Waals surface area contributed by atoms with Gasteiger partial charge in [0, 0.05) is 32.7 Å². The maximum absolute atomic E-state index is 10.3. The first-order chi connectivity index (χ1) is 11.0. The minimum atomic E-state index is -0.441. The van der Waals surface area contributed by atoms with Crippen LogP contribution < -0.4 is 4.74 Å². The maximum Gasteiger partial charge on any atom is 0.123 e. The van der Waals surface area contributed by atoms with Gasteiger partial charge in [-0.2, -0.15) is 0 Å². The molecule has 0 amide bonds. The molecule has 1 aromatic carbocycles. The quantitative estimate of drug-likeness (QED) is 0.837. The van der Waals surface area contributed by atoms with Crippen LogP contribution in [0.1, 0.15) is 37.8 Å². The van der Waals surface area contributed by atoms with E-state index in [0.717, 1.165) is 38.5 Å². The molecule has 1 saturated heterocycles. The van der Waals surface area contributed by atoms with Crippen LogP contribution in [0.2, 0.25) is 0 Å². The van der Waals surface area contributed by atoms with Crippen molar-refractivity contribution in [2.45, 2.75) is 39.7 Å². The highest BCUT2D eigenvalue weighted by atomic mass is 16.5. The first-order valence-electron chi connectivity index (χ1n) is 8.85. The van der Waals surface area contributed by atoms with Crippen molar-refractivity contribution in [2.75, 3.05) is 45.9 Å². The van der Waals surface area contributed by atoms with E-state index in [4.69, 9.17) is 4.74 Å². The average Bonchev–Trinajstić information content (AvgIpc) is 2.53. The number of aliphatic hydroxyl groups is 1. The molecule has 1 atom stereocenters. The summed E-state index contributed by atoms with van der Waals surface area (Å²) in [6.45, 7) is 15.0. The first-order valence-corrected chi connectivity index (χ1v) is 8.85. The number of aliphatic hydroxyl groups excluding tert-OH is 1. The van der Waals surface area contributed by atoms with Crippen LogP contribution in [0, 0.1) is 6.92 Å². The minimum Gasteiger partial charge on any atom is -0.491 e. The van der Waals surface area contributed by atoms with Crippen molar-refractivity contribution in [3.05, 3.63) is 29.3 Å². The lowest BCUT2D eigenvalue weighted by Gasteiger charge is -2.35. The van der Waals surface area contributed by atoms with Gasteiger partial charge in [0.2, 0.25) is 0 Å². The van der Waals surface area contributed by atoms with Crippen LogP contribution in [0.5, 0.6) is 5.75 Å². The third-order valence-corrected chi connectivity index (χ3v) is 4.60. The van der Waals surface area contributed by atoms with E-state index in [-0.39, 0.29) is 0 Å². The molecule has 0 saturated carbocycles. The molecule has 0 aromatic heterocycles. The topological polar surface area (TPSA) is 35.9 Å². The second-order valence-electron chi connectivity index (χ2n) is 6.90. The van der Waals surface area contributed by atoms with E-state index in [0.29, 0.717) is 19.1 Å². The van der Waals surface area contributed by atoms with Crippen LogP contribution >= 0.6 is 0 Å². The molecule has 1 aliphatic heterocycles. The molecule has 0 aliphatic carbocycles. The molecule has 4 nitrogen and oxygen atoms in total. The lowest BCUT2D eigenvalue weighted by molar-refractivity contribution is 0.0468. The van der Waals surface area contributed by atoms with E-state index < -0.39 is 6.10 Å². The second kappa shape index (κ2) is 8.67. The van der Waals surface area contributed by atoms with Gasteiger partial charge in [-0.3, -0.25) is 4.90 Å². The summed E-state index contributed by atoms with van der Waals surface area (Å²) in [5, 5.41) is 10.3. The van der Waals surface area contributed by atoms with Gasteiger partial charge in [0.25, 0.3) is 0 Å². The van der Waals surface area contributed by atoms with Crippen molar-refractivity contribution in [1.29, 1.82) is 0 Å². The molecule has 0 bridgehead atoms. The highest BCUT2D eigenvalue weighted by Gasteiger charge is 2.19. The standard InChI is InChI=1S/C19H32N2O2/c1-5-20-8-10-21(11-9-20)13-17(22)14-23-19-12-16(4)6-7-18(19)15(2)3/h6-7,12,15,17,22H,5,8-11,13-14H2,1-4H3/t17-/m1/s1. The van der Waals surface area contributed by atoms with Crippen molar-refractivity contribution in [3.63, 3.8) is 0 Å². The van der Waals surface area contributed by atoms with Crippen LogP contribution in [-0.4, -0.2) is 66.9 Å². The van der Waals surface area contributed by atoms with Crippen molar-refractivity contribution in [3.8, 4) is 5.75 Å². The van der Waals surface area contributed by atoms with E-state index in [1.807, 2.05) is 0 Å². The Kier molecular flexibility index (Phi) is 6.88. The zero-order valence-electron chi connectivity index (χ0n) is 15.1. The van der Waals surface area contributed by atoms with E-state index in [9.17, 15) is 5.11 Å². The van der Waals surface area contributed by atoms with Gasteiger partial charge < -0.3 is 14.7 Å². The van der Waals surface area contributed by atoms with E-state index >= 15 is 0 Å². The Bertz CT molecular complexity index is 482. The van der Waals surface area contributed by atoms with Gasteiger partial charge in [0.15, 0.2) is 0 Å². The molecule has 1 N–H and O–H groups in total. The third-order valence-electron chi connectivity index (χ3n) is 4.60. The molecule has 2 rings (SSSR count). The number of hydrogen-bond donors (Lipinski definition) is 1. The van der Waals surface area contributed by atoms with Crippen LogP contribution in [0.3, 0.4) is 0 Å². The molecule has 0 radical (unpaired) electrons. The summed E-state index contributed by atoms with van der Waals surface area (Å²) >= 11 is 0. The van der Waals surface area contributed by atoms with Gasteiger partial charge >= 0.3 is 0 Å². The Hall–Kier alpha value is -1.10. The molecule has 23 heavy (non-hydrogen) atoms. The fourth-order valence-electron chi connectivity index (χ4n) is 3.07. The fourth-order valence-corrected chi connectivity index (χ4v) is 3.07. The summed E-state index contributed by atoms with van der Waals surface area (Å²) in [6, 6.07) is 6.32. The first kappa shape index (κ1) is 18.2. The number of nitrogens with zero attached hydrogens (tertiary/aromatic N) is 2. The van der Waals surface area contributed by atoms with Crippen molar-refractivity contribution < 1.29 is 9.84 Å². The summed E-state index contributed by atoms with van der Waals surface area (Å²) in [7, 11) is 0. The SMILES string of the molecule is CCN1CCN(C[C@@H](O)COc2cc(C)ccc2C(C)C)CC1. The smallest absolute Gasteiger partial charge is 0.123 e. The highest BCUT2D eigenvalue weighted by Crippen LogP contribution is 2.27. The fraction of sp³-hybridized carbons (Fsp3) is 0.684. The van der Waals surface area contributed by atoms with Gasteiger partial charge in [-0.05, 0) is 36.6 Å². The number of ether oxygens (including phenoxy) is 1. The van der Waals surface area contributed by atoms with Gasteiger partial charge in [-0.15, -0.1) is 0 Å². The lowest BCUT2D eigenvalue weighted by Crippen LogP contribution is -2.49. The van der Waals surface area contributed by atoms with Gasteiger partial charge in [0.1, 0.15) is 18.5 Å². The van der Waals surface area contributed by atoms with E-state index in [1.165, 1.54) is 11.1 Å². The van der Waals surface area contributed by atoms with Crippen LogP contribution in [0.15, 0.2) is 18.2 Å². The maximum atomic E-state index is 10.3. The molecular formula is C19H32N2O2.